The molecular weight excluding hydrogens is 363 g/mol. The summed E-state index contributed by atoms with van der Waals surface area (Å²) in [5.74, 6) is -0.898. The van der Waals surface area contributed by atoms with Crippen LogP contribution >= 0.6 is 0 Å². The first-order valence-corrected chi connectivity index (χ1v) is 7.91. The normalized spacial score (nSPS) is 11.0. The molecule has 0 unspecified atom stereocenters. The summed E-state index contributed by atoms with van der Waals surface area (Å²) < 4.78 is 43.1. The van der Waals surface area contributed by atoms with Gasteiger partial charge >= 0.3 is 6.18 Å². The number of ether oxygens (including phenoxy) is 1. The van der Waals surface area contributed by atoms with E-state index in [-0.39, 0.29) is 17.9 Å². The Bertz CT molecular complexity index is 846. The first kappa shape index (κ1) is 20.2. The van der Waals surface area contributed by atoms with E-state index >= 15 is 0 Å². The maximum absolute atomic E-state index is 12.6. The smallest absolute Gasteiger partial charge is 0.433 e. The van der Waals surface area contributed by atoms with E-state index in [2.05, 4.69) is 15.8 Å². The third kappa shape index (κ3) is 5.70. The summed E-state index contributed by atoms with van der Waals surface area (Å²) in [6, 6.07) is 7.17. The maximum Gasteiger partial charge on any atom is 0.433 e. The van der Waals surface area contributed by atoms with E-state index in [1.165, 1.54) is 6.92 Å². The van der Waals surface area contributed by atoms with Crippen molar-refractivity contribution in [2.75, 3.05) is 6.61 Å². The second kappa shape index (κ2) is 8.07. The van der Waals surface area contributed by atoms with Crippen molar-refractivity contribution in [1.82, 2.24) is 15.8 Å². The van der Waals surface area contributed by atoms with Gasteiger partial charge in [0, 0.05) is 0 Å². The molecular formula is C18H18F3N3O3. The molecule has 0 bridgehead atoms. The Morgan fingerprint density at radius 1 is 1.04 bits per heavy atom. The summed E-state index contributed by atoms with van der Waals surface area (Å²) in [5.41, 5.74) is 4.92. The lowest BCUT2D eigenvalue weighted by atomic mass is 10.1. The molecule has 27 heavy (non-hydrogen) atoms. The molecule has 0 aliphatic carbocycles. The van der Waals surface area contributed by atoms with Gasteiger partial charge in [-0.05, 0) is 56.2 Å². The molecule has 2 N–H and O–H groups in total. The van der Waals surface area contributed by atoms with E-state index in [0.29, 0.717) is 11.8 Å². The molecule has 1 aromatic carbocycles. The molecule has 0 fully saturated rings. The number of carbonyl (C=O) groups is 2. The highest BCUT2D eigenvalue weighted by atomic mass is 19.4. The Kier molecular flexibility index (Phi) is 6.04. The number of hydrogen-bond donors (Lipinski definition) is 2. The minimum atomic E-state index is -4.60. The molecule has 6 nitrogen and oxygen atoms in total. The summed E-state index contributed by atoms with van der Waals surface area (Å²) in [6.07, 6.45) is -4.60. The average molecular weight is 381 g/mol. The third-order valence-corrected chi connectivity index (χ3v) is 3.50. The molecule has 0 radical (unpaired) electrons. The number of carbonyl (C=O) groups excluding carboxylic acids is 2. The molecule has 1 heterocycles. The maximum atomic E-state index is 12.6. The van der Waals surface area contributed by atoms with Gasteiger partial charge in [0.2, 0.25) is 0 Å². The second-order valence-electron chi connectivity index (χ2n) is 5.94. The van der Waals surface area contributed by atoms with E-state index < -0.39 is 23.7 Å². The van der Waals surface area contributed by atoms with Gasteiger partial charge in [-0.2, -0.15) is 13.2 Å². The molecule has 2 amide bonds. The number of benzene rings is 1. The van der Waals surface area contributed by atoms with Gasteiger partial charge in [-0.3, -0.25) is 20.4 Å². The summed E-state index contributed by atoms with van der Waals surface area (Å²) in [7, 11) is 0. The van der Waals surface area contributed by atoms with Crippen molar-refractivity contribution in [3.63, 3.8) is 0 Å². The van der Waals surface area contributed by atoms with Crippen LogP contribution < -0.4 is 15.6 Å². The molecule has 0 atom stereocenters. The van der Waals surface area contributed by atoms with Crippen LogP contribution in [0.3, 0.4) is 0 Å². The molecule has 2 aromatic rings. The van der Waals surface area contributed by atoms with E-state index in [9.17, 15) is 22.8 Å². The topological polar surface area (TPSA) is 80.3 Å². The number of pyridine rings is 1. The van der Waals surface area contributed by atoms with Gasteiger partial charge in [0.05, 0.1) is 11.3 Å². The molecule has 0 saturated heterocycles. The summed E-state index contributed by atoms with van der Waals surface area (Å²) >= 11 is 0. The Labute approximate surface area is 153 Å². The van der Waals surface area contributed by atoms with Crippen LogP contribution in [0.5, 0.6) is 5.75 Å². The van der Waals surface area contributed by atoms with Crippen molar-refractivity contribution in [2.45, 2.75) is 26.9 Å². The fraction of sp³-hybridized carbons (Fsp3) is 0.278. The lowest BCUT2D eigenvalue weighted by Gasteiger charge is -2.12. The van der Waals surface area contributed by atoms with Crippen LogP contribution in [0.1, 0.15) is 32.9 Å². The van der Waals surface area contributed by atoms with E-state index in [1.54, 1.807) is 12.1 Å². The van der Waals surface area contributed by atoms with Crippen LogP contribution in [0.25, 0.3) is 0 Å². The third-order valence-electron chi connectivity index (χ3n) is 3.50. The molecule has 0 saturated carbocycles. The molecule has 2 rings (SSSR count). The fourth-order valence-corrected chi connectivity index (χ4v) is 2.35. The Morgan fingerprint density at radius 2 is 1.67 bits per heavy atom. The second-order valence-corrected chi connectivity index (χ2v) is 5.94. The van der Waals surface area contributed by atoms with E-state index in [0.717, 1.165) is 17.2 Å². The predicted octanol–water partition coefficient (Wildman–Crippen LogP) is 2.87. The number of hydrazine groups is 1. The standard InChI is InChI=1S/C18H18F3N3O3/c1-10-6-11(2)8-13(7-10)27-9-16(25)23-24-17(26)14-4-5-15(18(19,20)21)22-12(14)3/h4-8H,9H2,1-3H3,(H,23,25)(H,24,26). The Morgan fingerprint density at radius 3 is 2.22 bits per heavy atom. The average Bonchev–Trinajstić information content (AvgIpc) is 2.56. The number of rotatable bonds is 4. The molecule has 144 valence electrons. The number of nitrogens with zero attached hydrogens (tertiary/aromatic N) is 1. The quantitative estimate of drug-likeness (QED) is 0.798. The zero-order valence-electron chi connectivity index (χ0n) is 14.9. The highest BCUT2D eigenvalue weighted by Gasteiger charge is 2.33. The van der Waals surface area contributed by atoms with Gasteiger partial charge in [0.25, 0.3) is 11.8 Å². The van der Waals surface area contributed by atoms with Crippen LogP contribution in [0.4, 0.5) is 13.2 Å². The molecule has 9 heteroatoms. The van der Waals surface area contributed by atoms with Crippen LogP contribution in [0.2, 0.25) is 0 Å². The van der Waals surface area contributed by atoms with Crippen LogP contribution in [-0.2, 0) is 11.0 Å². The number of amides is 2. The lowest BCUT2D eigenvalue weighted by Crippen LogP contribution is -2.44. The van der Waals surface area contributed by atoms with Crippen molar-refractivity contribution in [1.29, 1.82) is 0 Å². The van der Waals surface area contributed by atoms with Gasteiger partial charge < -0.3 is 4.74 Å². The van der Waals surface area contributed by atoms with E-state index in [1.807, 2.05) is 19.9 Å². The number of aryl methyl sites for hydroxylation is 3. The molecule has 0 aliphatic rings. The zero-order valence-corrected chi connectivity index (χ0v) is 14.9. The monoisotopic (exact) mass is 381 g/mol. The summed E-state index contributed by atoms with van der Waals surface area (Å²) in [5, 5.41) is 0. The minimum Gasteiger partial charge on any atom is -0.484 e. The lowest BCUT2D eigenvalue weighted by molar-refractivity contribution is -0.141. The van der Waals surface area contributed by atoms with Gasteiger partial charge in [-0.15, -0.1) is 0 Å². The fourth-order valence-electron chi connectivity index (χ4n) is 2.35. The largest absolute Gasteiger partial charge is 0.484 e. The number of alkyl halides is 3. The van der Waals surface area contributed by atoms with E-state index in [4.69, 9.17) is 4.74 Å². The van der Waals surface area contributed by atoms with Gasteiger partial charge in [0.15, 0.2) is 6.61 Å². The predicted molar refractivity (Wildman–Crippen MR) is 91.0 cm³/mol. The van der Waals surface area contributed by atoms with Gasteiger partial charge in [-0.1, -0.05) is 6.07 Å². The van der Waals surface area contributed by atoms with Crippen molar-refractivity contribution in [3.8, 4) is 5.75 Å². The van der Waals surface area contributed by atoms with Crippen LogP contribution in [0, 0.1) is 20.8 Å². The number of nitrogens with one attached hydrogen (secondary N) is 2. The number of halogens is 3. The Hall–Kier alpha value is -3.10. The first-order valence-electron chi connectivity index (χ1n) is 7.91. The number of aromatic nitrogens is 1. The first-order chi connectivity index (χ1) is 12.6. The van der Waals surface area contributed by atoms with Crippen molar-refractivity contribution < 1.29 is 27.5 Å². The summed E-state index contributed by atoms with van der Waals surface area (Å²) in [6.45, 7) is 4.71. The number of hydrogen-bond acceptors (Lipinski definition) is 4. The highest BCUT2D eigenvalue weighted by molar-refractivity contribution is 5.96. The van der Waals surface area contributed by atoms with Crippen LogP contribution in [0.15, 0.2) is 30.3 Å². The molecule has 1 aromatic heterocycles. The van der Waals surface area contributed by atoms with Gasteiger partial charge in [0.1, 0.15) is 11.4 Å². The van der Waals surface area contributed by atoms with Gasteiger partial charge in [-0.25, -0.2) is 4.98 Å². The van der Waals surface area contributed by atoms with Crippen molar-refractivity contribution >= 4 is 11.8 Å². The molecule has 0 aliphatic heterocycles. The highest BCUT2D eigenvalue weighted by Crippen LogP contribution is 2.28. The Balaban J connectivity index is 1.90. The zero-order chi connectivity index (χ0) is 20.2. The van der Waals surface area contributed by atoms with Crippen LogP contribution in [-0.4, -0.2) is 23.4 Å². The minimum absolute atomic E-state index is 0.0847. The molecule has 0 spiro atoms. The van der Waals surface area contributed by atoms with Crippen molar-refractivity contribution in [2.24, 2.45) is 0 Å². The SMILES string of the molecule is Cc1cc(C)cc(OCC(=O)NNC(=O)c2ccc(C(F)(F)F)nc2C)c1. The van der Waals surface area contributed by atoms with Crippen molar-refractivity contribution in [3.05, 3.63) is 58.4 Å². The summed E-state index contributed by atoms with van der Waals surface area (Å²) in [4.78, 5) is 27.1.